The number of rotatable bonds is 7. The van der Waals surface area contributed by atoms with Crippen LogP contribution in [0.25, 0.3) is 0 Å². The van der Waals surface area contributed by atoms with Crippen molar-refractivity contribution in [3.05, 3.63) is 0 Å². The van der Waals surface area contributed by atoms with Crippen molar-refractivity contribution in [2.75, 3.05) is 33.8 Å². The molecule has 1 unspecified atom stereocenters. The first-order chi connectivity index (χ1) is 9.18. The zero-order valence-electron chi connectivity index (χ0n) is 11.7. The molecule has 0 rings (SSSR count). The lowest BCUT2D eigenvalue weighted by molar-refractivity contribution is -0.145. The first-order valence-corrected chi connectivity index (χ1v) is 5.77. The van der Waals surface area contributed by atoms with E-state index in [1.54, 1.807) is 6.92 Å². The van der Waals surface area contributed by atoms with Gasteiger partial charge in [0.2, 0.25) is 5.91 Å². The molecular formula is C11H19N3O6. The number of nitrogens with two attached hydrogens (primary N) is 1. The van der Waals surface area contributed by atoms with Crippen molar-refractivity contribution >= 4 is 23.9 Å². The highest BCUT2D eigenvalue weighted by Crippen LogP contribution is 2.04. The van der Waals surface area contributed by atoms with Crippen molar-refractivity contribution in [1.29, 1.82) is 0 Å². The van der Waals surface area contributed by atoms with Crippen LogP contribution < -0.4 is 5.73 Å². The van der Waals surface area contributed by atoms with Crippen LogP contribution in [0.4, 0.5) is 4.79 Å². The Morgan fingerprint density at radius 3 is 2.20 bits per heavy atom. The zero-order valence-corrected chi connectivity index (χ0v) is 11.7. The van der Waals surface area contributed by atoms with Crippen LogP contribution in [0.5, 0.6) is 0 Å². The summed E-state index contributed by atoms with van der Waals surface area (Å²) >= 11 is 0. The molecule has 0 saturated heterocycles. The van der Waals surface area contributed by atoms with Crippen molar-refractivity contribution in [1.82, 2.24) is 9.80 Å². The third-order valence-corrected chi connectivity index (χ3v) is 2.42. The Morgan fingerprint density at radius 1 is 1.25 bits per heavy atom. The van der Waals surface area contributed by atoms with Crippen LogP contribution in [-0.2, 0) is 19.1 Å². The summed E-state index contributed by atoms with van der Waals surface area (Å²) in [5, 5.41) is 8.70. The van der Waals surface area contributed by atoms with E-state index >= 15 is 0 Å². The summed E-state index contributed by atoms with van der Waals surface area (Å²) in [4.78, 5) is 46.7. The predicted molar refractivity (Wildman–Crippen MR) is 67.6 cm³/mol. The summed E-state index contributed by atoms with van der Waals surface area (Å²) < 4.78 is 4.52. The van der Waals surface area contributed by atoms with Crippen LogP contribution in [0.3, 0.4) is 0 Å². The molecule has 0 saturated carbocycles. The smallest absolute Gasteiger partial charge is 0.323 e. The van der Waals surface area contributed by atoms with E-state index in [-0.39, 0.29) is 6.54 Å². The minimum absolute atomic E-state index is 0.0282. The standard InChI is InChI=1S/C11H19N3O6/c1-7(10(18)20-3)4-13(2)11(19)14(5-8(12)15)6-9(16)17/h7H,4-6H2,1-3H3,(H2,12,15)(H,16,17). The number of primary amides is 1. The van der Waals surface area contributed by atoms with Gasteiger partial charge in [0, 0.05) is 13.6 Å². The normalized spacial score (nSPS) is 11.3. The van der Waals surface area contributed by atoms with Gasteiger partial charge in [-0.1, -0.05) is 6.92 Å². The number of esters is 1. The molecule has 3 N–H and O–H groups in total. The first-order valence-electron chi connectivity index (χ1n) is 5.77. The molecule has 0 aromatic rings. The predicted octanol–water partition coefficient (Wildman–Crippen LogP) is -1.28. The summed E-state index contributed by atoms with van der Waals surface area (Å²) in [6, 6.07) is -0.707. The number of methoxy groups -OCH3 is 1. The van der Waals surface area contributed by atoms with Crippen molar-refractivity contribution < 1.29 is 29.0 Å². The minimum atomic E-state index is -1.27. The summed E-state index contributed by atoms with van der Waals surface area (Å²) in [6.45, 7) is 0.423. The van der Waals surface area contributed by atoms with Gasteiger partial charge in [0.25, 0.3) is 0 Å². The topological polar surface area (TPSA) is 130 Å². The summed E-state index contributed by atoms with van der Waals surface area (Å²) in [5.41, 5.74) is 4.96. The second-order valence-corrected chi connectivity index (χ2v) is 4.30. The minimum Gasteiger partial charge on any atom is -0.480 e. The molecule has 1 atom stereocenters. The van der Waals surface area contributed by atoms with E-state index in [2.05, 4.69) is 4.74 Å². The van der Waals surface area contributed by atoms with E-state index in [1.807, 2.05) is 0 Å². The van der Waals surface area contributed by atoms with Crippen LogP contribution in [0.1, 0.15) is 6.92 Å². The molecule has 0 spiro atoms. The molecule has 0 aromatic carbocycles. The number of urea groups is 1. The fourth-order valence-corrected chi connectivity index (χ4v) is 1.55. The third-order valence-electron chi connectivity index (χ3n) is 2.42. The molecule has 0 radical (unpaired) electrons. The molecule has 9 nitrogen and oxygen atoms in total. The Balaban J connectivity index is 4.74. The second kappa shape index (κ2) is 7.97. The van der Waals surface area contributed by atoms with Crippen LogP contribution in [0.15, 0.2) is 0 Å². The van der Waals surface area contributed by atoms with Gasteiger partial charge in [-0.2, -0.15) is 0 Å². The molecule has 0 bridgehead atoms. The Labute approximate surface area is 116 Å². The van der Waals surface area contributed by atoms with Gasteiger partial charge in [-0.05, 0) is 0 Å². The molecule has 0 heterocycles. The van der Waals surface area contributed by atoms with E-state index in [4.69, 9.17) is 10.8 Å². The van der Waals surface area contributed by atoms with Crippen molar-refractivity contribution in [2.45, 2.75) is 6.92 Å². The molecular weight excluding hydrogens is 270 g/mol. The molecule has 0 fully saturated rings. The fourth-order valence-electron chi connectivity index (χ4n) is 1.55. The van der Waals surface area contributed by atoms with Gasteiger partial charge < -0.3 is 25.4 Å². The first kappa shape index (κ1) is 17.7. The van der Waals surface area contributed by atoms with Crippen molar-refractivity contribution in [3.63, 3.8) is 0 Å². The molecule has 3 amide bonds. The Hall–Kier alpha value is -2.32. The van der Waals surface area contributed by atoms with E-state index in [1.165, 1.54) is 14.2 Å². The van der Waals surface area contributed by atoms with Crippen LogP contribution >= 0.6 is 0 Å². The summed E-state index contributed by atoms with van der Waals surface area (Å²) in [5.74, 6) is -3.17. The van der Waals surface area contributed by atoms with E-state index in [9.17, 15) is 19.2 Å². The SMILES string of the molecule is COC(=O)C(C)CN(C)C(=O)N(CC(N)=O)CC(=O)O. The maximum Gasteiger partial charge on any atom is 0.323 e. The van der Waals surface area contributed by atoms with Gasteiger partial charge in [0.15, 0.2) is 0 Å². The molecule has 20 heavy (non-hydrogen) atoms. The highest BCUT2D eigenvalue weighted by molar-refractivity contribution is 5.86. The molecule has 0 aliphatic carbocycles. The lowest BCUT2D eigenvalue weighted by Crippen LogP contribution is -2.48. The fraction of sp³-hybridized carbons (Fsp3) is 0.636. The summed E-state index contributed by atoms with van der Waals surface area (Å²) in [6.07, 6.45) is 0. The second-order valence-electron chi connectivity index (χ2n) is 4.30. The largest absolute Gasteiger partial charge is 0.480 e. The Bertz CT molecular complexity index is 382. The number of ether oxygens (including phenoxy) is 1. The van der Waals surface area contributed by atoms with Crippen LogP contribution in [0, 0.1) is 5.92 Å². The highest BCUT2D eigenvalue weighted by Gasteiger charge is 2.25. The quantitative estimate of drug-likeness (QED) is 0.561. The number of carboxylic acid groups (broad SMARTS) is 1. The monoisotopic (exact) mass is 289 g/mol. The average molecular weight is 289 g/mol. The lowest BCUT2D eigenvalue weighted by Gasteiger charge is -2.27. The number of hydrogen-bond donors (Lipinski definition) is 2. The molecule has 0 aliphatic rings. The maximum absolute atomic E-state index is 12.0. The number of amides is 3. The van der Waals surface area contributed by atoms with Gasteiger partial charge in [0.05, 0.1) is 13.0 Å². The molecule has 114 valence electrons. The van der Waals surface area contributed by atoms with E-state index < -0.39 is 42.9 Å². The number of carbonyl (C=O) groups excluding carboxylic acids is 3. The lowest BCUT2D eigenvalue weighted by atomic mass is 10.2. The van der Waals surface area contributed by atoms with Crippen molar-refractivity contribution in [3.8, 4) is 0 Å². The number of aliphatic carboxylic acids is 1. The Morgan fingerprint density at radius 2 is 1.80 bits per heavy atom. The van der Waals surface area contributed by atoms with Gasteiger partial charge in [-0.15, -0.1) is 0 Å². The van der Waals surface area contributed by atoms with Gasteiger partial charge in [-0.25, -0.2) is 4.79 Å². The third kappa shape index (κ3) is 6.03. The van der Waals surface area contributed by atoms with Crippen LogP contribution in [-0.4, -0.2) is 72.6 Å². The maximum atomic E-state index is 12.0. The number of nitrogens with zero attached hydrogens (tertiary/aromatic N) is 2. The number of hydrogen-bond acceptors (Lipinski definition) is 5. The molecule has 0 aliphatic heterocycles. The van der Waals surface area contributed by atoms with Gasteiger partial charge >= 0.3 is 18.0 Å². The number of carbonyl (C=O) groups is 4. The Kier molecular flexibility index (Phi) is 7.05. The van der Waals surface area contributed by atoms with E-state index in [0.717, 1.165) is 9.80 Å². The van der Waals surface area contributed by atoms with E-state index in [0.29, 0.717) is 0 Å². The zero-order chi connectivity index (χ0) is 15.9. The van der Waals surface area contributed by atoms with Gasteiger partial charge in [0.1, 0.15) is 13.1 Å². The molecule has 9 heteroatoms. The number of carboxylic acids is 1. The summed E-state index contributed by atoms with van der Waals surface area (Å²) in [7, 11) is 2.61. The van der Waals surface area contributed by atoms with Crippen LogP contribution in [0.2, 0.25) is 0 Å². The highest BCUT2D eigenvalue weighted by atomic mass is 16.5. The average Bonchev–Trinajstić information content (AvgIpc) is 2.34. The molecule has 0 aromatic heterocycles. The van der Waals surface area contributed by atoms with Gasteiger partial charge in [-0.3, -0.25) is 14.4 Å². The van der Waals surface area contributed by atoms with Crippen molar-refractivity contribution in [2.24, 2.45) is 11.7 Å².